The summed E-state index contributed by atoms with van der Waals surface area (Å²) in [5.41, 5.74) is 0.706. The minimum absolute atomic E-state index is 0.0469. The first-order chi connectivity index (χ1) is 13.2. The third kappa shape index (κ3) is 5.46. The van der Waals surface area contributed by atoms with Crippen LogP contribution < -0.4 is 10.6 Å². The Labute approximate surface area is 165 Å². The Morgan fingerprint density at radius 1 is 1.22 bits per heavy atom. The van der Waals surface area contributed by atoms with Crippen LogP contribution in [0.2, 0.25) is 0 Å². The van der Waals surface area contributed by atoms with Gasteiger partial charge in [-0.15, -0.1) is 11.8 Å². The molecule has 2 aliphatic heterocycles. The fourth-order valence-electron chi connectivity index (χ4n) is 3.85. The minimum atomic E-state index is -0.0469. The van der Waals surface area contributed by atoms with Crippen LogP contribution in [0.5, 0.6) is 0 Å². The number of nitrogens with zero attached hydrogens (tertiary/aromatic N) is 1. The van der Waals surface area contributed by atoms with E-state index in [0.717, 1.165) is 43.9 Å². The highest BCUT2D eigenvalue weighted by molar-refractivity contribution is 8.00. The maximum atomic E-state index is 13.1. The summed E-state index contributed by atoms with van der Waals surface area (Å²) >= 11 is 1.42. The number of hydrogen-bond donors (Lipinski definition) is 2. The highest BCUT2D eigenvalue weighted by Crippen LogP contribution is 2.29. The first-order valence-electron chi connectivity index (χ1n) is 9.66. The van der Waals surface area contributed by atoms with Crippen molar-refractivity contribution in [3.05, 3.63) is 29.8 Å². The molecule has 2 amide bonds. The van der Waals surface area contributed by atoms with Crippen molar-refractivity contribution >= 4 is 23.6 Å². The lowest BCUT2D eigenvalue weighted by molar-refractivity contribution is -0.118. The van der Waals surface area contributed by atoms with Crippen LogP contribution in [0.1, 0.15) is 23.2 Å². The minimum Gasteiger partial charge on any atom is -0.383 e. The zero-order chi connectivity index (χ0) is 19.1. The molecule has 0 unspecified atom stereocenters. The van der Waals surface area contributed by atoms with Crippen LogP contribution in [0.15, 0.2) is 29.2 Å². The molecule has 1 aromatic carbocycles. The van der Waals surface area contributed by atoms with Gasteiger partial charge in [-0.1, -0.05) is 12.1 Å². The molecule has 2 N–H and O–H groups in total. The summed E-state index contributed by atoms with van der Waals surface area (Å²) in [5.74, 6) is 1.73. The van der Waals surface area contributed by atoms with E-state index < -0.39 is 0 Å². The number of nitrogens with one attached hydrogen (secondary N) is 2. The maximum absolute atomic E-state index is 13.1. The molecule has 148 valence electrons. The topological polar surface area (TPSA) is 70.7 Å². The first-order valence-corrected chi connectivity index (χ1v) is 10.6. The molecule has 7 heteroatoms. The average molecular weight is 392 g/mol. The summed E-state index contributed by atoms with van der Waals surface area (Å²) in [5, 5.41) is 6.28. The summed E-state index contributed by atoms with van der Waals surface area (Å²) in [6, 6.07) is 7.62. The van der Waals surface area contributed by atoms with E-state index in [1.807, 2.05) is 29.2 Å². The van der Waals surface area contributed by atoms with E-state index in [9.17, 15) is 9.59 Å². The van der Waals surface area contributed by atoms with E-state index in [1.165, 1.54) is 11.8 Å². The second-order valence-electron chi connectivity index (χ2n) is 7.18. The number of hydrogen-bond acceptors (Lipinski definition) is 5. The number of likely N-dealkylation sites (tertiary alicyclic amines) is 1. The van der Waals surface area contributed by atoms with Crippen molar-refractivity contribution in [2.45, 2.75) is 17.7 Å². The van der Waals surface area contributed by atoms with Gasteiger partial charge in [-0.2, -0.15) is 0 Å². The zero-order valence-corrected chi connectivity index (χ0v) is 16.7. The van der Waals surface area contributed by atoms with Gasteiger partial charge in [0.2, 0.25) is 5.91 Å². The van der Waals surface area contributed by atoms with Gasteiger partial charge in [0, 0.05) is 31.6 Å². The third-order valence-electron chi connectivity index (χ3n) is 5.41. The Bertz CT molecular complexity index is 641. The van der Waals surface area contributed by atoms with Crippen molar-refractivity contribution in [2.24, 2.45) is 11.8 Å². The monoisotopic (exact) mass is 391 g/mol. The highest BCUT2D eigenvalue weighted by Gasteiger charge is 2.32. The van der Waals surface area contributed by atoms with Crippen LogP contribution in [0.4, 0.5) is 0 Å². The van der Waals surface area contributed by atoms with E-state index in [2.05, 4.69) is 10.6 Å². The first kappa shape index (κ1) is 20.2. The number of benzene rings is 1. The van der Waals surface area contributed by atoms with Gasteiger partial charge >= 0.3 is 0 Å². The van der Waals surface area contributed by atoms with Gasteiger partial charge in [0.05, 0.1) is 17.9 Å². The molecule has 0 saturated carbocycles. The molecule has 2 saturated heterocycles. The SMILES string of the molecule is COCCNC(=O)CSc1ccccc1C(=O)N1CC[C@@H]2CNC[C@@H]2CC1. The molecule has 2 fully saturated rings. The van der Waals surface area contributed by atoms with Gasteiger partial charge in [-0.25, -0.2) is 0 Å². The van der Waals surface area contributed by atoms with E-state index in [-0.39, 0.29) is 11.8 Å². The molecule has 0 bridgehead atoms. The number of rotatable bonds is 7. The van der Waals surface area contributed by atoms with Crippen LogP contribution >= 0.6 is 11.8 Å². The smallest absolute Gasteiger partial charge is 0.254 e. The van der Waals surface area contributed by atoms with Crippen molar-refractivity contribution in [1.29, 1.82) is 0 Å². The lowest BCUT2D eigenvalue weighted by Gasteiger charge is -2.22. The van der Waals surface area contributed by atoms with Crippen LogP contribution in [-0.4, -0.2) is 68.9 Å². The number of thioether (sulfide) groups is 1. The third-order valence-corrected chi connectivity index (χ3v) is 6.48. The van der Waals surface area contributed by atoms with E-state index in [1.54, 1.807) is 7.11 Å². The van der Waals surface area contributed by atoms with Crippen molar-refractivity contribution in [1.82, 2.24) is 15.5 Å². The molecule has 2 heterocycles. The lowest BCUT2D eigenvalue weighted by atomic mass is 9.92. The van der Waals surface area contributed by atoms with Crippen molar-refractivity contribution in [3.8, 4) is 0 Å². The highest BCUT2D eigenvalue weighted by atomic mass is 32.2. The van der Waals surface area contributed by atoms with Gasteiger partial charge in [-0.05, 0) is 49.9 Å². The number of amides is 2. The number of carbonyl (C=O) groups is 2. The molecule has 0 radical (unpaired) electrons. The molecule has 1 aromatic rings. The summed E-state index contributed by atoms with van der Waals surface area (Å²) in [7, 11) is 1.61. The molecule has 3 rings (SSSR count). The Morgan fingerprint density at radius 3 is 2.63 bits per heavy atom. The molecule has 27 heavy (non-hydrogen) atoms. The fourth-order valence-corrected chi connectivity index (χ4v) is 4.72. The van der Waals surface area contributed by atoms with E-state index >= 15 is 0 Å². The Balaban J connectivity index is 1.59. The Hall–Kier alpha value is -1.57. The number of carbonyl (C=O) groups excluding carboxylic acids is 2. The Kier molecular flexibility index (Phi) is 7.55. The molecule has 0 spiro atoms. The molecular weight excluding hydrogens is 362 g/mol. The average Bonchev–Trinajstić information content (AvgIpc) is 3.04. The number of methoxy groups -OCH3 is 1. The number of fused-ring (bicyclic) bond motifs is 1. The quantitative estimate of drug-likeness (QED) is 0.546. The summed E-state index contributed by atoms with van der Waals surface area (Å²) in [4.78, 5) is 27.9. The molecule has 0 aromatic heterocycles. The number of ether oxygens (including phenoxy) is 1. The van der Waals surface area contributed by atoms with Crippen molar-refractivity contribution in [3.63, 3.8) is 0 Å². The van der Waals surface area contributed by atoms with E-state index in [4.69, 9.17) is 4.74 Å². The normalized spacial score (nSPS) is 22.2. The fraction of sp³-hybridized carbons (Fsp3) is 0.600. The van der Waals surface area contributed by atoms with Gasteiger partial charge in [-0.3, -0.25) is 9.59 Å². The largest absolute Gasteiger partial charge is 0.383 e. The predicted octanol–water partition coefficient (Wildman–Crippen LogP) is 1.61. The second kappa shape index (κ2) is 10.1. The van der Waals surface area contributed by atoms with Crippen LogP contribution in [-0.2, 0) is 9.53 Å². The summed E-state index contributed by atoms with van der Waals surface area (Å²) in [6.07, 6.45) is 2.14. The second-order valence-corrected chi connectivity index (χ2v) is 8.19. The molecule has 2 atom stereocenters. The van der Waals surface area contributed by atoms with Gasteiger partial charge < -0.3 is 20.3 Å². The van der Waals surface area contributed by atoms with Crippen LogP contribution in [0.3, 0.4) is 0 Å². The molecule has 6 nitrogen and oxygen atoms in total. The molecular formula is C20H29N3O3S. The summed E-state index contributed by atoms with van der Waals surface area (Å²) < 4.78 is 4.93. The van der Waals surface area contributed by atoms with Gasteiger partial charge in [0.15, 0.2) is 0 Å². The standard InChI is InChI=1S/C20H29N3O3S/c1-26-11-8-22-19(24)14-27-18-5-3-2-4-17(18)20(25)23-9-6-15-12-21-13-16(15)7-10-23/h2-5,15-16,21H,6-14H2,1H3,(H,22,24)/t15-,16+. The van der Waals surface area contributed by atoms with Gasteiger partial charge in [0.1, 0.15) is 0 Å². The Morgan fingerprint density at radius 2 is 1.93 bits per heavy atom. The molecule has 2 aliphatic rings. The summed E-state index contributed by atoms with van der Waals surface area (Å²) in [6.45, 7) is 4.80. The van der Waals surface area contributed by atoms with Crippen LogP contribution in [0, 0.1) is 11.8 Å². The van der Waals surface area contributed by atoms with Crippen molar-refractivity contribution in [2.75, 3.05) is 52.2 Å². The molecule has 0 aliphatic carbocycles. The lowest BCUT2D eigenvalue weighted by Crippen LogP contribution is -2.33. The van der Waals surface area contributed by atoms with E-state index in [0.29, 0.717) is 36.3 Å². The van der Waals surface area contributed by atoms with Crippen molar-refractivity contribution < 1.29 is 14.3 Å². The van der Waals surface area contributed by atoms with Gasteiger partial charge in [0.25, 0.3) is 5.91 Å². The zero-order valence-electron chi connectivity index (χ0n) is 15.9. The van der Waals surface area contributed by atoms with Crippen LogP contribution in [0.25, 0.3) is 0 Å². The maximum Gasteiger partial charge on any atom is 0.254 e. The predicted molar refractivity (Wildman–Crippen MR) is 107 cm³/mol.